The van der Waals surface area contributed by atoms with Gasteiger partial charge in [-0.25, -0.2) is 0 Å². The van der Waals surface area contributed by atoms with Crippen molar-refractivity contribution in [1.82, 2.24) is 0 Å². The molecule has 0 saturated carbocycles. The number of rotatable bonds is 8. The normalized spacial score (nSPS) is 26.1. The second-order valence-corrected chi connectivity index (χ2v) is 8.90. The molecular weight excluding hydrogens is 447 g/mol. The summed E-state index contributed by atoms with van der Waals surface area (Å²) in [6.07, 6.45) is 2.81. The number of Topliss-reactive ketones (excluding diaryl/α,β-unsaturated/α-hetero) is 2. The summed E-state index contributed by atoms with van der Waals surface area (Å²) in [7, 11) is 0. The Kier molecular flexibility index (Phi) is 8.23. The first kappa shape index (κ1) is 23.0. The number of carbonyl (C=O) groups is 2. The van der Waals surface area contributed by atoms with Crippen LogP contribution < -0.4 is 0 Å². The van der Waals surface area contributed by atoms with Crippen LogP contribution >= 0.6 is 22.6 Å². The quantitative estimate of drug-likeness (QED) is 0.282. The number of ketones is 2. The van der Waals surface area contributed by atoms with Gasteiger partial charge in [-0.05, 0) is 66.2 Å². The van der Waals surface area contributed by atoms with Crippen LogP contribution in [0, 0.1) is 11.8 Å². The highest BCUT2D eigenvalue weighted by Gasteiger charge is 2.58. The number of carbonyl (C=O) groups excluding carboxylic acids is 2. The molecule has 5 nitrogen and oxygen atoms in total. The van der Waals surface area contributed by atoms with Gasteiger partial charge in [-0.15, -0.1) is 0 Å². The standard InChI is InChI=1S/C20H29IO5/c1-6-12(4)17(23)16-18(24)14(9-7-11(2)3)20(26,19(16)25)15(22)10-8-13(5)21/h7-8,12,14-15,22,25-26H,6,9-10H2,1-5H3/b13-8+/t12?,14?,15-,20+/m0/s1. The molecule has 2 unspecified atom stereocenters. The third kappa shape index (κ3) is 4.64. The Morgan fingerprint density at radius 1 is 1.31 bits per heavy atom. The third-order valence-corrected chi connectivity index (χ3v) is 5.35. The van der Waals surface area contributed by atoms with Crippen LogP contribution in [0.4, 0.5) is 0 Å². The minimum Gasteiger partial charge on any atom is -0.508 e. The van der Waals surface area contributed by atoms with E-state index in [2.05, 4.69) is 22.6 Å². The summed E-state index contributed by atoms with van der Waals surface area (Å²) in [4.78, 5) is 25.5. The molecular formula is C20H29IO5. The lowest BCUT2D eigenvalue weighted by molar-refractivity contribution is -0.134. The van der Waals surface area contributed by atoms with E-state index in [1.807, 2.05) is 27.7 Å². The van der Waals surface area contributed by atoms with Gasteiger partial charge in [0.2, 0.25) is 0 Å². The number of halogens is 1. The van der Waals surface area contributed by atoms with E-state index in [1.54, 1.807) is 19.1 Å². The Labute approximate surface area is 169 Å². The van der Waals surface area contributed by atoms with E-state index in [4.69, 9.17) is 0 Å². The Hall–Kier alpha value is -0.990. The van der Waals surface area contributed by atoms with Crippen LogP contribution in [-0.2, 0) is 9.59 Å². The first-order valence-corrected chi connectivity index (χ1v) is 9.94. The maximum absolute atomic E-state index is 12.9. The maximum Gasteiger partial charge on any atom is 0.176 e. The van der Waals surface area contributed by atoms with E-state index < -0.39 is 40.9 Å². The van der Waals surface area contributed by atoms with E-state index >= 15 is 0 Å². The Balaban J connectivity index is 3.43. The number of hydrogen-bond acceptors (Lipinski definition) is 5. The van der Waals surface area contributed by atoms with E-state index in [9.17, 15) is 24.9 Å². The highest BCUT2D eigenvalue weighted by Crippen LogP contribution is 2.43. The van der Waals surface area contributed by atoms with Crippen LogP contribution in [0.15, 0.2) is 32.6 Å². The van der Waals surface area contributed by atoms with Crippen molar-refractivity contribution in [2.45, 2.75) is 65.6 Å². The molecule has 6 heteroatoms. The molecule has 0 fully saturated rings. The number of hydrogen-bond donors (Lipinski definition) is 3. The maximum atomic E-state index is 12.9. The van der Waals surface area contributed by atoms with Gasteiger partial charge in [-0.3, -0.25) is 9.59 Å². The van der Waals surface area contributed by atoms with E-state index in [0.29, 0.717) is 6.42 Å². The van der Waals surface area contributed by atoms with Crippen molar-refractivity contribution in [3.8, 4) is 0 Å². The monoisotopic (exact) mass is 476 g/mol. The van der Waals surface area contributed by atoms with Crippen LogP contribution in [0.5, 0.6) is 0 Å². The first-order chi connectivity index (χ1) is 12.0. The zero-order chi connectivity index (χ0) is 20.2. The van der Waals surface area contributed by atoms with Crippen LogP contribution in [0.3, 0.4) is 0 Å². The van der Waals surface area contributed by atoms with Crippen molar-refractivity contribution in [3.05, 3.63) is 32.6 Å². The molecule has 0 amide bonds. The molecule has 0 aromatic carbocycles. The molecule has 0 aromatic rings. The van der Waals surface area contributed by atoms with Crippen molar-refractivity contribution >= 4 is 34.2 Å². The Morgan fingerprint density at radius 3 is 2.35 bits per heavy atom. The van der Waals surface area contributed by atoms with Crippen molar-refractivity contribution in [2.75, 3.05) is 0 Å². The van der Waals surface area contributed by atoms with Gasteiger partial charge in [0.05, 0.1) is 12.0 Å². The van der Waals surface area contributed by atoms with Crippen LogP contribution in [0.2, 0.25) is 0 Å². The average molecular weight is 476 g/mol. The van der Waals surface area contributed by atoms with Gasteiger partial charge in [0.25, 0.3) is 0 Å². The lowest BCUT2D eigenvalue weighted by Crippen LogP contribution is -2.49. The van der Waals surface area contributed by atoms with Gasteiger partial charge >= 0.3 is 0 Å². The Bertz CT molecular complexity index is 653. The van der Waals surface area contributed by atoms with Crippen LogP contribution in [-0.4, -0.2) is 38.6 Å². The lowest BCUT2D eigenvalue weighted by Gasteiger charge is -2.33. The number of aliphatic hydroxyl groups is 3. The summed E-state index contributed by atoms with van der Waals surface area (Å²) in [5, 5.41) is 32.4. The Morgan fingerprint density at radius 2 is 1.88 bits per heavy atom. The molecule has 1 aliphatic carbocycles. The fourth-order valence-corrected chi connectivity index (χ4v) is 3.26. The summed E-state index contributed by atoms with van der Waals surface area (Å²) in [5.41, 5.74) is -1.58. The zero-order valence-corrected chi connectivity index (χ0v) is 18.2. The average Bonchev–Trinajstić information content (AvgIpc) is 2.76. The molecule has 146 valence electrons. The van der Waals surface area contributed by atoms with Crippen molar-refractivity contribution < 1.29 is 24.9 Å². The SMILES string of the molecule is CCC(C)C(=O)C1=C(O)[C@](O)([C@@H](O)C/C=C(\C)I)C(CC=C(C)C)C1=O. The highest BCUT2D eigenvalue weighted by atomic mass is 127. The largest absolute Gasteiger partial charge is 0.508 e. The van der Waals surface area contributed by atoms with Crippen LogP contribution in [0.1, 0.15) is 53.9 Å². The molecule has 0 spiro atoms. The molecule has 0 heterocycles. The van der Waals surface area contributed by atoms with Gasteiger partial charge in [-0.1, -0.05) is 31.6 Å². The molecule has 4 atom stereocenters. The molecule has 0 saturated heterocycles. The highest BCUT2D eigenvalue weighted by molar-refractivity contribution is 14.1. The van der Waals surface area contributed by atoms with E-state index in [-0.39, 0.29) is 18.4 Å². The molecule has 0 aliphatic heterocycles. The predicted molar refractivity (Wildman–Crippen MR) is 110 cm³/mol. The zero-order valence-electron chi connectivity index (χ0n) is 16.0. The van der Waals surface area contributed by atoms with E-state index in [1.165, 1.54) is 0 Å². The van der Waals surface area contributed by atoms with E-state index in [0.717, 1.165) is 9.15 Å². The van der Waals surface area contributed by atoms with Gasteiger partial charge in [0.15, 0.2) is 17.2 Å². The van der Waals surface area contributed by atoms with Gasteiger partial charge < -0.3 is 15.3 Å². The fourth-order valence-electron chi connectivity index (χ4n) is 3.01. The molecule has 26 heavy (non-hydrogen) atoms. The topological polar surface area (TPSA) is 94.8 Å². The molecule has 0 aromatic heterocycles. The van der Waals surface area contributed by atoms with Gasteiger partial charge in [0, 0.05) is 5.92 Å². The molecule has 3 N–H and O–H groups in total. The summed E-state index contributed by atoms with van der Waals surface area (Å²) in [6.45, 7) is 9.04. The minimum atomic E-state index is -2.16. The van der Waals surface area contributed by atoms with Crippen LogP contribution in [0.25, 0.3) is 0 Å². The second kappa shape index (κ2) is 9.28. The van der Waals surface area contributed by atoms with Crippen molar-refractivity contribution in [2.24, 2.45) is 11.8 Å². The summed E-state index contributed by atoms with van der Waals surface area (Å²) < 4.78 is 0.912. The first-order valence-electron chi connectivity index (χ1n) is 8.86. The number of allylic oxidation sites excluding steroid dienone is 4. The summed E-state index contributed by atoms with van der Waals surface area (Å²) in [6, 6.07) is 0. The molecule has 1 aliphatic rings. The minimum absolute atomic E-state index is 0.0682. The fraction of sp³-hybridized carbons (Fsp3) is 0.600. The van der Waals surface area contributed by atoms with Gasteiger partial charge in [-0.2, -0.15) is 0 Å². The van der Waals surface area contributed by atoms with Crippen molar-refractivity contribution in [1.29, 1.82) is 0 Å². The molecule has 1 rings (SSSR count). The summed E-state index contributed by atoms with van der Waals surface area (Å²) in [5.74, 6) is -3.30. The predicted octanol–water partition coefficient (Wildman–Crippen LogP) is 3.79. The second-order valence-electron chi connectivity index (χ2n) is 7.20. The van der Waals surface area contributed by atoms with Crippen molar-refractivity contribution in [3.63, 3.8) is 0 Å². The summed E-state index contributed by atoms with van der Waals surface area (Å²) >= 11 is 2.08. The number of aliphatic hydroxyl groups excluding tert-OH is 2. The van der Waals surface area contributed by atoms with Gasteiger partial charge in [0.1, 0.15) is 11.3 Å². The molecule has 0 bridgehead atoms. The smallest absolute Gasteiger partial charge is 0.176 e. The lowest BCUT2D eigenvalue weighted by atomic mass is 9.80. The third-order valence-electron chi connectivity index (χ3n) is 4.91. The molecule has 0 radical (unpaired) electrons.